The van der Waals surface area contributed by atoms with Gasteiger partial charge >= 0.3 is 6.03 Å². The Kier molecular flexibility index (Phi) is 5.98. The molecule has 0 saturated carbocycles. The van der Waals surface area contributed by atoms with E-state index < -0.39 is 6.10 Å². The molecule has 0 bridgehead atoms. The molecule has 1 aromatic carbocycles. The van der Waals surface area contributed by atoms with Gasteiger partial charge < -0.3 is 15.7 Å². The number of aryl methyl sites for hydroxylation is 2. The summed E-state index contributed by atoms with van der Waals surface area (Å²) in [7, 11) is 1.89. The molecule has 2 aromatic rings. The Hall–Kier alpha value is -2.34. The second kappa shape index (κ2) is 7.97. The molecule has 0 aliphatic carbocycles. The van der Waals surface area contributed by atoms with Crippen molar-refractivity contribution in [3.8, 4) is 0 Å². The maximum absolute atomic E-state index is 12.0. The average molecular weight is 330 g/mol. The fourth-order valence-corrected chi connectivity index (χ4v) is 2.90. The van der Waals surface area contributed by atoms with E-state index in [2.05, 4.69) is 15.7 Å². The molecule has 1 aromatic heterocycles. The van der Waals surface area contributed by atoms with E-state index >= 15 is 0 Å². The largest absolute Gasteiger partial charge is 0.388 e. The van der Waals surface area contributed by atoms with E-state index in [1.54, 1.807) is 0 Å². The fourth-order valence-electron chi connectivity index (χ4n) is 2.90. The van der Waals surface area contributed by atoms with Crippen LogP contribution >= 0.6 is 0 Å². The molecule has 0 saturated heterocycles. The maximum Gasteiger partial charge on any atom is 0.315 e. The summed E-state index contributed by atoms with van der Waals surface area (Å²) < 4.78 is 1.82. The Balaban J connectivity index is 1.81. The number of urea groups is 1. The quantitative estimate of drug-likeness (QED) is 0.761. The maximum atomic E-state index is 12.0. The van der Waals surface area contributed by atoms with Crippen molar-refractivity contribution in [3.63, 3.8) is 0 Å². The van der Waals surface area contributed by atoms with Gasteiger partial charge in [0.05, 0.1) is 17.8 Å². The lowest BCUT2D eigenvalue weighted by Gasteiger charge is -2.16. The van der Waals surface area contributed by atoms with Crippen LogP contribution in [0.15, 0.2) is 30.3 Å². The molecule has 2 atom stereocenters. The van der Waals surface area contributed by atoms with Gasteiger partial charge in [-0.1, -0.05) is 30.3 Å². The number of carbonyl (C=O) groups excluding carboxylic acids is 1. The highest BCUT2D eigenvalue weighted by molar-refractivity contribution is 5.74. The molecule has 3 N–H and O–H groups in total. The normalized spacial score (nSPS) is 13.4. The molecule has 130 valence electrons. The van der Waals surface area contributed by atoms with Gasteiger partial charge in [-0.3, -0.25) is 4.68 Å². The number of nitrogens with one attached hydrogen (secondary N) is 2. The summed E-state index contributed by atoms with van der Waals surface area (Å²) in [6, 6.07) is 9.06. The van der Waals surface area contributed by atoms with Crippen LogP contribution in [0.4, 0.5) is 4.79 Å². The van der Waals surface area contributed by atoms with Gasteiger partial charge in [-0.05, 0) is 32.8 Å². The fraction of sp³-hybridized carbons (Fsp3) is 0.444. The van der Waals surface area contributed by atoms with Crippen molar-refractivity contribution in [1.82, 2.24) is 20.4 Å². The third-order valence-electron chi connectivity index (χ3n) is 4.23. The minimum Gasteiger partial charge on any atom is -0.388 e. The highest BCUT2D eigenvalue weighted by Crippen LogP contribution is 2.20. The third kappa shape index (κ3) is 4.35. The van der Waals surface area contributed by atoms with Gasteiger partial charge in [0.25, 0.3) is 0 Å². The zero-order valence-electron chi connectivity index (χ0n) is 14.7. The predicted octanol–water partition coefficient (Wildman–Crippen LogP) is 2.52. The molecule has 6 nitrogen and oxygen atoms in total. The number of aliphatic hydroxyl groups excluding tert-OH is 1. The summed E-state index contributed by atoms with van der Waals surface area (Å²) in [6.45, 7) is 6.27. The van der Waals surface area contributed by atoms with E-state index in [-0.39, 0.29) is 12.1 Å². The highest BCUT2D eigenvalue weighted by Gasteiger charge is 2.18. The van der Waals surface area contributed by atoms with Crippen LogP contribution in [0.25, 0.3) is 0 Å². The van der Waals surface area contributed by atoms with Crippen molar-refractivity contribution in [3.05, 3.63) is 52.8 Å². The number of amides is 2. The Morgan fingerprint density at radius 2 is 1.96 bits per heavy atom. The molecule has 2 unspecified atom stereocenters. The average Bonchev–Trinajstić information content (AvgIpc) is 2.80. The molecule has 0 aliphatic rings. The number of hydrogen-bond donors (Lipinski definition) is 3. The van der Waals surface area contributed by atoms with Gasteiger partial charge in [-0.15, -0.1) is 0 Å². The van der Waals surface area contributed by atoms with E-state index in [1.165, 1.54) is 0 Å². The van der Waals surface area contributed by atoms with Crippen LogP contribution < -0.4 is 10.6 Å². The summed E-state index contributed by atoms with van der Waals surface area (Å²) in [5.41, 5.74) is 3.86. The number of hydrogen-bond acceptors (Lipinski definition) is 3. The number of benzene rings is 1. The first-order valence-electron chi connectivity index (χ1n) is 8.17. The van der Waals surface area contributed by atoms with Crippen LogP contribution in [0, 0.1) is 13.8 Å². The first-order chi connectivity index (χ1) is 11.4. The number of carbonyl (C=O) groups is 1. The monoisotopic (exact) mass is 330 g/mol. The smallest absolute Gasteiger partial charge is 0.315 e. The Morgan fingerprint density at radius 1 is 1.29 bits per heavy atom. The van der Waals surface area contributed by atoms with Crippen molar-refractivity contribution in [1.29, 1.82) is 0 Å². The Morgan fingerprint density at radius 3 is 2.54 bits per heavy atom. The first-order valence-corrected chi connectivity index (χ1v) is 8.17. The molecule has 2 rings (SSSR count). The zero-order chi connectivity index (χ0) is 17.7. The number of aromatic nitrogens is 2. The second-order valence-corrected chi connectivity index (χ2v) is 6.05. The van der Waals surface area contributed by atoms with Gasteiger partial charge in [0.1, 0.15) is 0 Å². The lowest BCUT2D eigenvalue weighted by atomic mass is 10.1. The molecule has 1 heterocycles. The van der Waals surface area contributed by atoms with Crippen LogP contribution in [0.2, 0.25) is 0 Å². The molecular weight excluding hydrogens is 304 g/mol. The molecule has 2 amide bonds. The Bertz CT molecular complexity index is 682. The van der Waals surface area contributed by atoms with Crippen LogP contribution in [-0.4, -0.2) is 27.5 Å². The zero-order valence-corrected chi connectivity index (χ0v) is 14.7. The van der Waals surface area contributed by atoms with Crippen molar-refractivity contribution in [2.45, 2.75) is 39.3 Å². The van der Waals surface area contributed by atoms with Crippen LogP contribution in [0.5, 0.6) is 0 Å². The third-order valence-corrected chi connectivity index (χ3v) is 4.23. The molecule has 0 fully saturated rings. The Labute approximate surface area is 142 Å². The summed E-state index contributed by atoms with van der Waals surface area (Å²) in [5, 5.41) is 20.2. The number of nitrogens with zero attached hydrogens (tertiary/aromatic N) is 2. The molecule has 24 heavy (non-hydrogen) atoms. The van der Waals surface area contributed by atoms with Crippen LogP contribution in [0.1, 0.15) is 48.0 Å². The lowest BCUT2D eigenvalue weighted by Crippen LogP contribution is -2.38. The van der Waals surface area contributed by atoms with E-state index in [4.69, 9.17) is 0 Å². The van der Waals surface area contributed by atoms with Crippen LogP contribution in [-0.2, 0) is 7.05 Å². The summed E-state index contributed by atoms with van der Waals surface area (Å²) in [5.74, 6) is 0. The summed E-state index contributed by atoms with van der Waals surface area (Å²) >= 11 is 0. The summed E-state index contributed by atoms with van der Waals surface area (Å²) in [4.78, 5) is 12.0. The first kappa shape index (κ1) is 18.0. The topological polar surface area (TPSA) is 79.2 Å². The molecule has 0 aliphatic heterocycles. The molecule has 0 radical (unpaired) electrons. The summed E-state index contributed by atoms with van der Waals surface area (Å²) in [6.07, 6.45) is -0.108. The predicted molar refractivity (Wildman–Crippen MR) is 93.7 cm³/mol. The SMILES string of the molecule is Cc1nn(C)c(C)c1C(C)NC(=O)NCCC(O)c1ccccc1. The van der Waals surface area contributed by atoms with Gasteiger partial charge in [0.2, 0.25) is 0 Å². The number of rotatable bonds is 6. The van der Waals surface area contributed by atoms with Gasteiger partial charge in [-0.2, -0.15) is 5.10 Å². The van der Waals surface area contributed by atoms with E-state index in [0.717, 1.165) is 22.5 Å². The second-order valence-electron chi connectivity index (χ2n) is 6.05. The van der Waals surface area contributed by atoms with Gasteiger partial charge in [0.15, 0.2) is 0 Å². The van der Waals surface area contributed by atoms with E-state index in [9.17, 15) is 9.90 Å². The molecule has 0 spiro atoms. The van der Waals surface area contributed by atoms with E-state index in [0.29, 0.717) is 13.0 Å². The van der Waals surface area contributed by atoms with Crippen molar-refractivity contribution >= 4 is 6.03 Å². The standard InChI is InChI=1S/C18H26N4O2/c1-12(17-13(2)21-22(4)14(17)3)20-18(24)19-11-10-16(23)15-8-6-5-7-9-15/h5-9,12,16,23H,10-11H2,1-4H3,(H2,19,20,24). The molecule has 6 heteroatoms. The van der Waals surface area contributed by atoms with E-state index in [1.807, 2.05) is 62.8 Å². The van der Waals surface area contributed by atoms with Crippen LogP contribution in [0.3, 0.4) is 0 Å². The minimum absolute atomic E-state index is 0.127. The van der Waals surface area contributed by atoms with Gasteiger partial charge in [0, 0.05) is 24.8 Å². The molecular formula is C18H26N4O2. The minimum atomic E-state index is -0.577. The van der Waals surface area contributed by atoms with Gasteiger partial charge in [-0.25, -0.2) is 4.79 Å². The van der Waals surface area contributed by atoms with Crippen molar-refractivity contribution in [2.75, 3.05) is 6.54 Å². The van der Waals surface area contributed by atoms with Crippen molar-refractivity contribution in [2.24, 2.45) is 7.05 Å². The number of aliphatic hydroxyl groups is 1. The highest BCUT2D eigenvalue weighted by atomic mass is 16.3. The lowest BCUT2D eigenvalue weighted by molar-refractivity contribution is 0.166. The van der Waals surface area contributed by atoms with Crippen molar-refractivity contribution < 1.29 is 9.90 Å².